The molecule has 0 radical (unpaired) electrons. The van der Waals surface area contributed by atoms with Gasteiger partial charge in [-0.25, -0.2) is 4.39 Å². The summed E-state index contributed by atoms with van der Waals surface area (Å²) in [6.07, 6.45) is 9.19. The normalized spacial score (nSPS) is 17.5. The third kappa shape index (κ3) is 9.61. The Labute approximate surface area is 184 Å². The van der Waals surface area contributed by atoms with Gasteiger partial charge in [0.25, 0.3) is 0 Å². The molecule has 1 saturated heterocycles. The van der Waals surface area contributed by atoms with E-state index in [1.54, 1.807) is 6.07 Å². The highest BCUT2D eigenvalue weighted by molar-refractivity contribution is 5.35. The summed E-state index contributed by atoms with van der Waals surface area (Å²) in [5, 5.41) is 0. The lowest BCUT2D eigenvalue weighted by molar-refractivity contribution is -0.181. The number of hydrogen-bond acceptors (Lipinski definition) is 3. The second-order valence-corrected chi connectivity index (χ2v) is 8.51. The van der Waals surface area contributed by atoms with E-state index in [2.05, 4.69) is 34.3 Å². The summed E-state index contributed by atoms with van der Waals surface area (Å²) in [5.74, 6) is 0.810. The summed E-state index contributed by atoms with van der Waals surface area (Å²) in [4.78, 5) is 0. The zero-order chi connectivity index (χ0) is 22.4. The van der Waals surface area contributed by atoms with Gasteiger partial charge in [0.1, 0.15) is 6.61 Å². The highest BCUT2D eigenvalue weighted by atomic mass is 19.1. The maximum absolute atomic E-state index is 13.5. The van der Waals surface area contributed by atoms with Crippen LogP contribution >= 0.6 is 0 Å². The fourth-order valence-corrected chi connectivity index (χ4v) is 3.36. The van der Waals surface area contributed by atoms with E-state index in [1.807, 2.05) is 13.0 Å². The molecule has 1 aliphatic carbocycles. The van der Waals surface area contributed by atoms with Gasteiger partial charge in [0.15, 0.2) is 17.4 Å². The molecule has 3 nitrogen and oxygen atoms in total. The quantitative estimate of drug-likeness (QED) is 0.445. The van der Waals surface area contributed by atoms with Crippen LogP contribution in [0.2, 0.25) is 0 Å². The molecule has 0 amide bonds. The lowest BCUT2D eigenvalue weighted by Crippen LogP contribution is -2.34. The molecule has 0 bridgehead atoms. The summed E-state index contributed by atoms with van der Waals surface area (Å²) in [5.41, 5.74) is 1.82. The Morgan fingerprint density at radius 3 is 2.20 bits per heavy atom. The van der Waals surface area contributed by atoms with Gasteiger partial charge in [0.05, 0.1) is 13.2 Å². The minimum absolute atomic E-state index is 0.146. The highest BCUT2D eigenvalue weighted by Crippen LogP contribution is 2.37. The molecule has 172 valence electrons. The molecule has 30 heavy (non-hydrogen) atoms. The van der Waals surface area contributed by atoms with E-state index < -0.39 is 0 Å². The van der Waals surface area contributed by atoms with Crippen LogP contribution in [0, 0.1) is 11.7 Å². The third-order valence-corrected chi connectivity index (χ3v) is 5.38. The molecule has 0 atom stereocenters. The second-order valence-electron chi connectivity index (χ2n) is 8.51. The van der Waals surface area contributed by atoms with Crippen molar-refractivity contribution < 1.29 is 18.6 Å². The van der Waals surface area contributed by atoms with Crippen molar-refractivity contribution in [2.75, 3.05) is 19.8 Å². The minimum atomic E-state index is -0.290. The molecule has 0 aromatic heterocycles. The van der Waals surface area contributed by atoms with Crippen LogP contribution in [0.1, 0.15) is 85.1 Å². The predicted molar refractivity (Wildman–Crippen MR) is 124 cm³/mol. The number of ether oxygens (including phenoxy) is 3. The van der Waals surface area contributed by atoms with Gasteiger partial charge in [0, 0.05) is 12.8 Å². The zero-order valence-electron chi connectivity index (χ0n) is 19.9. The molecule has 1 spiro atoms. The van der Waals surface area contributed by atoms with Crippen molar-refractivity contribution in [2.45, 2.75) is 91.8 Å². The first-order valence-corrected chi connectivity index (χ1v) is 11.7. The maximum atomic E-state index is 13.5. The zero-order valence-corrected chi connectivity index (χ0v) is 19.9. The molecule has 3 rings (SSSR count). The summed E-state index contributed by atoms with van der Waals surface area (Å²) in [7, 11) is 0. The lowest BCUT2D eigenvalue weighted by Gasteiger charge is -2.33. The van der Waals surface area contributed by atoms with Crippen LogP contribution in [0.4, 0.5) is 4.39 Å². The van der Waals surface area contributed by atoms with Crippen LogP contribution < -0.4 is 4.74 Å². The largest absolute Gasteiger partial charge is 0.486 e. The standard InChI is InChI=1S/C13H17FO.C9H16O2.C4H10/c1-4-6-11-7-5-8-12(14)13(11)15-9-10(2)3;1-8-2-4-9(5-3-8)10-6-7-11-9;1-3-4-2/h5,7-8H,2,4,6,9H2,1,3H3;8H,2-7H2,1H3;3-4H2,1-2H3. The van der Waals surface area contributed by atoms with E-state index in [0.29, 0.717) is 12.4 Å². The van der Waals surface area contributed by atoms with E-state index in [4.69, 9.17) is 14.2 Å². The monoisotopic (exact) mass is 422 g/mol. The summed E-state index contributed by atoms with van der Waals surface area (Å²) >= 11 is 0. The first kappa shape index (κ1) is 26.6. The Balaban J connectivity index is 0.000000262. The molecule has 1 aromatic carbocycles. The average Bonchev–Trinajstić information content (AvgIpc) is 3.19. The van der Waals surface area contributed by atoms with E-state index in [-0.39, 0.29) is 11.6 Å². The number of aryl methyl sites for hydroxylation is 1. The van der Waals surface area contributed by atoms with Crippen LogP contribution in [-0.2, 0) is 15.9 Å². The molecular weight excluding hydrogens is 379 g/mol. The van der Waals surface area contributed by atoms with Crippen molar-refractivity contribution in [3.63, 3.8) is 0 Å². The SMILES string of the molecule is C=C(C)COc1c(F)cccc1CCC.CC1CCC2(CC1)OCCO2.CCCC. The van der Waals surface area contributed by atoms with Crippen molar-refractivity contribution in [2.24, 2.45) is 5.92 Å². The number of para-hydroxylation sites is 1. The van der Waals surface area contributed by atoms with E-state index >= 15 is 0 Å². The molecule has 2 aliphatic rings. The smallest absolute Gasteiger partial charge is 0.168 e. The second kappa shape index (κ2) is 14.6. The fourth-order valence-electron chi connectivity index (χ4n) is 3.36. The van der Waals surface area contributed by atoms with Gasteiger partial charge in [-0.1, -0.05) is 65.7 Å². The molecule has 4 heteroatoms. The number of benzene rings is 1. The van der Waals surface area contributed by atoms with Crippen molar-refractivity contribution in [1.29, 1.82) is 0 Å². The van der Waals surface area contributed by atoms with Crippen molar-refractivity contribution in [3.05, 3.63) is 41.7 Å². The van der Waals surface area contributed by atoms with Crippen LogP contribution in [0.25, 0.3) is 0 Å². The Kier molecular flexibility index (Phi) is 13.0. The molecular formula is C26H43FO3. The van der Waals surface area contributed by atoms with Gasteiger partial charge in [-0.3, -0.25) is 0 Å². The van der Waals surface area contributed by atoms with Gasteiger partial charge in [-0.05, 0) is 49.3 Å². The van der Waals surface area contributed by atoms with Gasteiger partial charge >= 0.3 is 0 Å². The topological polar surface area (TPSA) is 27.7 Å². The van der Waals surface area contributed by atoms with Gasteiger partial charge in [-0.2, -0.15) is 0 Å². The van der Waals surface area contributed by atoms with Crippen LogP contribution in [0.3, 0.4) is 0 Å². The van der Waals surface area contributed by atoms with Crippen LogP contribution in [-0.4, -0.2) is 25.6 Å². The van der Waals surface area contributed by atoms with Gasteiger partial charge in [-0.15, -0.1) is 0 Å². The predicted octanol–water partition coefficient (Wildman–Crippen LogP) is 7.48. The number of unbranched alkanes of at least 4 members (excludes halogenated alkanes) is 1. The summed E-state index contributed by atoms with van der Waals surface area (Å²) in [6, 6.07) is 5.04. The number of halogens is 1. The van der Waals surface area contributed by atoms with E-state index in [9.17, 15) is 4.39 Å². The summed E-state index contributed by atoms with van der Waals surface area (Å²) < 4.78 is 30.1. The Morgan fingerprint density at radius 1 is 1.10 bits per heavy atom. The number of rotatable bonds is 6. The van der Waals surface area contributed by atoms with E-state index in [1.165, 1.54) is 31.7 Å². The van der Waals surface area contributed by atoms with Crippen molar-refractivity contribution in [1.82, 2.24) is 0 Å². The molecule has 0 unspecified atom stereocenters. The van der Waals surface area contributed by atoms with Crippen molar-refractivity contribution in [3.8, 4) is 5.75 Å². The van der Waals surface area contributed by atoms with E-state index in [0.717, 1.165) is 56.0 Å². The molecule has 1 aliphatic heterocycles. The first-order valence-electron chi connectivity index (χ1n) is 11.7. The van der Waals surface area contributed by atoms with Crippen molar-refractivity contribution >= 4 is 0 Å². The highest BCUT2D eigenvalue weighted by Gasteiger charge is 2.39. The Bertz CT molecular complexity index is 596. The van der Waals surface area contributed by atoms with Crippen LogP contribution in [0.15, 0.2) is 30.4 Å². The van der Waals surface area contributed by atoms with Gasteiger partial charge in [0.2, 0.25) is 0 Å². The average molecular weight is 423 g/mol. The molecule has 1 heterocycles. The molecule has 2 fully saturated rings. The number of hydrogen-bond donors (Lipinski definition) is 0. The Hall–Kier alpha value is -1.39. The van der Waals surface area contributed by atoms with Gasteiger partial charge < -0.3 is 14.2 Å². The molecule has 0 N–H and O–H groups in total. The summed E-state index contributed by atoms with van der Waals surface area (Å²) in [6.45, 7) is 16.3. The fraction of sp³-hybridized carbons (Fsp3) is 0.692. The Morgan fingerprint density at radius 2 is 1.70 bits per heavy atom. The third-order valence-electron chi connectivity index (χ3n) is 5.38. The maximum Gasteiger partial charge on any atom is 0.168 e. The first-order chi connectivity index (χ1) is 14.4. The van der Waals surface area contributed by atoms with Crippen LogP contribution in [0.5, 0.6) is 5.75 Å². The molecule has 1 aromatic rings. The lowest BCUT2D eigenvalue weighted by atomic mass is 9.86. The minimum Gasteiger partial charge on any atom is -0.486 e. The molecule has 1 saturated carbocycles.